The molecule has 144 valence electrons. The summed E-state index contributed by atoms with van der Waals surface area (Å²) in [5, 5.41) is 1.22. The van der Waals surface area contributed by atoms with Gasteiger partial charge in [0.2, 0.25) is 0 Å². The Balaban J connectivity index is 1.43. The number of halogens is 1. The third-order valence-corrected chi connectivity index (χ3v) is 7.00. The summed E-state index contributed by atoms with van der Waals surface area (Å²) >= 11 is 7.66. The van der Waals surface area contributed by atoms with Gasteiger partial charge in [-0.1, -0.05) is 23.4 Å². The van der Waals surface area contributed by atoms with E-state index in [4.69, 9.17) is 28.1 Å². The minimum Gasteiger partial charge on any atom is -0.382 e. The van der Waals surface area contributed by atoms with Crippen molar-refractivity contribution < 1.29 is 0 Å². The molecule has 0 amide bonds. The van der Waals surface area contributed by atoms with Gasteiger partial charge in [-0.3, -0.25) is 0 Å². The molecule has 0 spiro atoms. The molecular weight excluding hydrogens is 394 g/mol. The Morgan fingerprint density at radius 2 is 1.86 bits per heavy atom. The van der Waals surface area contributed by atoms with Gasteiger partial charge in [0.25, 0.3) is 0 Å². The zero-order chi connectivity index (χ0) is 19.3. The number of anilines is 2. The molecular formula is C19H20ClN7S. The summed E-state index contributed by atoms with van der Waals surface area (Å²) in [4.78, 5) is 21.3. The van der Waals surface area contributed by atoms with Crippen LogP contribution in [-0.4, -0.2) is 38.1 Å². The monoisotopic (exact) mass is 413 g/mol. The Morgan fingerprint density at radius 3 is 2.64 bits per heavy atom. The number of nitrogen functional groups attached to an aromatic ring is 1. The minimum atomic E-state index is 0.303. The van der Waals surface area contributed by atoms with E-state index >= 15 is 0 Å². The van der Waals surface area contributed by atoms with E-state index in [0.29, 0.717) is 34.6 Å². The molecule has 3 aromatic heterocycles. The molecule has 0 saturated carbocycles. The number of nitrogens with two attached hydrogens (primary N) is 2. The van der Waals surface area contributed by atoms with Crippen molar-refractivity contribution in [3.63, 3.8) is 0 Å². The highest BCUT2D eigenvalue weighted by atomic mass is 35.5. The molecule has 0 aliphatic carbocycles. The van der Waals surface area contributed by atoms with Gasteiger partial charge in [0.05, 0.1) is 11.2 Å². The van der Waals surface area contributed by atoms with Crippen LogP contribution in [0.1, 0.15) is 25.7 Å². The van der Waals surface area contributed by atoms with Gasteiger partial charge in [0, 0.05) is 29.2 Å². The number of aromatic nitrogens is 4. The Kier molecular flexibility index (Phi) is 4.49. The maximum atomic E-state index is 6.23. The lowest BCUT2D eigenvalue weighted by Crippen LogP contribution is -2.47. The zero-order valence-corrected chi connectivity index (χ0v) is 16.7. The first-order valence-electron chi connectivity index (χ1n) is 9.34. The SMILES string of the molecule is Nc1nccc(Sc2ccc3nc(N4[C@@H]5CC[C@H]4C[C@H](N)C5)cnc3n2)c1Cl. The molecule has 5 rings (SSSR count). The third-order valence-electron chi connectivity index (χ3n) is 5.50. The Bertz CT molecular complexity index is 1030. The van der Waals surface area contributed by atoms with Crippen molar-refractivity contribution in [2.45, 2.75) is 53.7 Å². The smallest absolute Gasteiger partial charge is 0.179 e. The number of piperidine rings is 1. The van der Waals surface area contributed by atoms with Crippen LogP contribution in [0, 0.1) is 0 Å². The van der Waals surface area contributed by atoms with Crippen molar-refractivity contribution in [3.05, 3.63) is 35.6 Å². The second kappa shape index (κ2) is 7.02. The molecule has 2 fully saturated rings. The predicted octanol–water partition coefficient (Wildman–Crippen LogP) is 3.27. The van der Waals surface area contributed by atoms with Crippen LogP contribution >= 0.6 is 23.4 Å². The van der Waals surface area contributed by atoms with Crippen LogP contribution in [0.15, 0.2) is 40.5 Å². The summed E-state index contributed by atoms with van der Waals surface area (Å²) in [5.74, 6) is 1.24. The molecule has 2 aliphatic rings. The normalized spacial score (nSPS) is 24.1. The first-order chi connectivity index (χ1) is 13.6. The van der Waals surface area contributed by atoms with Gasteiger partial charge in [-0.15, -0.1) is 0 Å². The second-order valence-electron chi connectivity index (χ2n) is 7.35. The molecule has 0 aromatic carbocycles. The average Bonchev–Trinajstić information content (AvgIpc) is 2.96. The summed E-state index contributed by atoms with van der Waals surface area (Å²) in [6.07, 6.45) is 7.89. The largest absolute Gasteiger partial charge is 0.382 e. The van der Waals surface area contributed by atoms with Gasteiger partial charge in [0.1, 0.15) is 22.2 Å². The topological polar surface area (TPSA) is 107 Å². The van der Waals surface area contributed by atoms with Gasteiger partial charge in [-0.2, -0.15) is 0 Å². The van der Waals surface area contributed by atoms with Crippen molar-refractivity contribution >= 4 is 46.2 Å². The number of hydrogen-bond acceptors (Lipinski definition) is 8. The van der Waals surface area contributed by atoms with Crippen LogP contribution in [0.3, 0.4) is 0 Å². The van der Waals surface area contributed by atoms with Crippen LogP contribution in [0.5, 0.6) is 0 Å². The van der Waals surface area contributed by atoms with E-state index in [1.54, 1.807) is 6.20 Å². The van der Waals surface area contributed by atoms with Crippen molar-refractivity contribution in [3.8, 4) is 0 Å². The summed E-state index contributed by atoms with van der Waals surface area (Å²) in [5.41, 5.74) is 13.4. The molecule has 7 nitrogen and oxygen atoms in total. The highest BCUT2D eigenvalue weighted by Gasteiger charge is 2.40. The average molecular weight is 414 g/mol. The van der Waals surface area contributed by atoms with Crippen LogP contribution in [-0.2, 0) is 0 Å². The summed E-state index contributed by atoms with van der Waals surface area (Å²) in [7, 11) is 0. The lowest BCUT2D eigenvalue weighted by molar-refractivity contribution is 0.412. The highest BCUT2D eigenvalue weighted by Crippen LogP contribution is 2.38. The van der Waals surface area contributed by atoms with Crippen molar-refractivity contribution in [2.75, 3.05) is 10.6 Å². The van der Waals surface area contributed by atoms with Gasteiger partial charge >= 0.3 is 0 Å². The summed E-state index contributed by atoms with van der Waals surface area (Å²) < 4.78 is 0. The molecule has 4 N–H and O–H groups in total. The molecule has 28 heavy (non-hydrogen) atoms. The minimum absolute atomic E-state index is 0.303. The van der Waals surface area contributed by atoms with E-state index in [1.807, 2.05) is 24.4 Å². The molecule has 0 unspecified atom stereocenters. The van der Waals surface area contributed by atoms with Gasteiger partial charge in [0.15, 0.2) is 5.65 Å². The Morgan fingerprint density at radius 1 is 1.07 bits per heavy atom. The van der Waals surface area contributed by atoms with E-state index in [9.17, 15) is 0 Å². The highest BCUT2D eigenvalue weighted by molar-refractivity contribution is 7.99. The van der Waals surface area contributed by atoms with Crippen LogP contribution in [0.4, 0.5) is 11.6 Å². The fourth-order valence-electron chi connectivity index (χ4n) is 4.28. The van der Waals surface area contributed by atoms with E-state index in [-0.39, 0.29) is 0 Å². The number of pyridine rings is 2. The first-order valence-corrected chi connectivity index (χ1v) is 10.5. The van der Waals surface area contributed by atoms with Crippen LogP contribution in [0.2, 0.25) is 5.02 Å². The molecule has 9 heteroatoms. The first kappa shape index (κ1) is 17.9. The quantitative estimate of drug-likeness (QED) is 0.673. The van der Waals surface area contributed by atoms with Gasteiger partial charge < -0.3 is 16.4 Å². The summed E-state index contributed by atoms with van der Waals surface area (Å²) in [6.45, 7) is 0. The molecule has 2 bridgehead atoms. The lowest BCUT2D eigenvalue weighted by Gasteiger charge is -2.38. The van der Waals surface area contributed by atoms with E-state index in [2.05, 4.69) is 19.9 Å². The van der Waals surface area contributed by atoms with Crippen molar-refractivity contribution in [1.29, 1.82) is 0 Å². The maximum absolute atomic E-state index is 6.23. The standard InChI is InChI=1S/C19H20ClN7S/c20-17-14(5-6-23-18(17)22)28-16-4-3-13-19(26-16)24-9-15(25-13)27-11-1-2-12(27)8-10(21)7-11/h3-6,9-12H,1-2,7-8,21H2,(H2,22,23)/t10-,11-,12+. The van der Waals surface area contributed by atoms with Crippen molar-refractivity contribution in [1.82, 2.24) is 19.9 Å². The number of hydrogen-bond donors (Lipinski definition) is 2. The van der Waals surface area contributed by atoms with E-state index in [1.165, 1.54) is 24.6 Å². The fourth-order valence-corrected chi connectivity index (χ4v) is 5.33. The predicted molar refractivity (Wildman–Crippen MR) is 112 cm³/mol. The molecule has 2 aliphatic heterocycles. The van der Waals surface area contributed by atoms with Crippen molar-refractivity contribution in [2.24, 2.45) is 5.73 Å². The lowest BCUT2D eigenvalue weighted by atomic mass is 9.98. The molecule has 5 heterocycles. The maximum Gasteiger partial charge on any atom is 0.179 e. The molecule has 0 radical (unpaired) electrons. The Labute approximate surface area is 171 Å². The molecule has 3 atom stereocenters. The van der Waals surface area contributed by atoms with Gasteiger partial charge in [-0.25, -0.2) is 19.9 Å². The fraction of sp³-hybridized carbons (Fsp3) is 0.368. The number of nitrogens with zero attached hydrogens (tertiary/aromatic N) is 5. The third kappa shape index (κ3) is 3.15. The second-order valence-corrected chi connectivity index (χ2v) is 8.79. The van der Waals surface area contributed by atoms with Crippen LogP contribution in [0.25, 0.3) is 11.2 Å². The molecule has 2 saturated heterocycles. The van der Waals surface area contributed by atoms with Gasteiger partial charge in [-0.05, 0) is 43.9 Å². The zero-order valence-electron chi connectivity index (χ0n) is 15.1. The summed E-state index contributed by atoms with van der Waals surface area (Å²) in [6, 6.07) is 6.96. The molecule has 3 aromatic rings. The van der Waals surface area contributed by atoms with E-state index in [0.717, 1.165) is 34.1 Å². The Hall–Kier alpha value is -2.16. The van der Waals surface area contributed by atoms with Crippen LogP contribution < -0.4 is 16.4 Å². The van der Waals surface area contributed by atoms with E-state index < -0.39 is 0 Å². The number of fused-ring (bicyclic) bond motifs is 3. The number of rotatable bonds is 3.